The van der Waals surface area contributed by atoms with Crippen LogP contribution in [0.25, 0.3) is 0 Å². The molecule has 0 bridgehead atoms. The summed E-state index contributed by atoms with van der Waals surface area (Å²) >= 11 is 0. The van der Waals surface area contributed by atoms with Crippen molar-refractivity contribution in [2.45, 2.75) is 68.7 Å². The summed E-state index contributed by atoms with van der Waals surface area (Å²) in [7, 11) is 1.43. The lowest BCUT2D eigenvalue weighted by atomic mass is 9.88. The Bertz CT molecular complexity index is 374. The second-order valence-electron chi connectivity index (χ2n) is 6.54. The third-order valence-electron chi connectivity index (χ3n) is 5.36. The normalized spacial score (nSPS) is 42.2. The number of fused-ring (bicyclic) bond motifs is 1. The number of esters is 1. The number of rotatable bonds is 2. The van der Waals surface area contributed by atoms with Crippen LogP contribution >= 0.6 is 0 Å². The average Bonchev–Trinajstić information content (AvgIpc) is 2.89. The zero-order valence-electron chi connectivity index (χ0n) is 12.3. The lowest BCUT2D eigenvalue weighted by molar-refractivity contribution is -0.147. The van der Waals surface area contributed by atoms with Gasteiger partial charge in [0.05, 0.1) is 19.8 Å². The van der Waals surface area contributed by atoms with E-state index in [9.17, 15) is 4.79 Å². The van der Waals surface area contributed by atoms with Gasteiger partial charge < -0.3 is 15.2 Å². The minimum Gasteiger partial charge on any atom is -0.468 e. The molecule has 20 heavy (non-hydrogen) atoms. The van der Waals surface area contributed by atoms with Gasteiger partial charge in [-0.25, -0.2) is 0 Å². The Morgan fingerprint density at radius 1 is 1.35 bits per heavy atom. The molecule has 1 saturated heterocycles. The third-order valence-corrected chi connectivity index (χ3v) is 5.36. The standard InChI is InChI=1S/C15H26N2O3/c1-19-14(18)15(16)7-6-11(10-15)17-8-9-20-13-5-3-2-4-12(13)17/h11-13H,2-10,16H2,1H3. The minimum absolute atomic E-state index is 0.256. The van der Waals surface area contributed by atoms with Crippen LogP contribution in [0.4, 0.5) is 0 Å². The summed E-state index contributed by atoms with van der Waals surface area (Å²) in [5.74, 6) is -0.256. The van der Waals surface area contributed by atoms with Crippen LogP contribution in [0.3, 0.4) is 0 Å². The van der Waals surface area contributed by atoms with Crippen LogP contribution in [-0.4, -0.2) is 54.9 Å². The van der Waals surface area contributed by atoms with Crippen molar-refractivity contribution in [3.63, 3.8) is 0 Å². The van der Waals surface area contributed by atoms with Crippen LogP contribution in [0.15, 0.2) is 0 Å². The summed E-state index contributed by atoms with van der Waals surface area (Å²) in [6.07, 6.45) is 7.82. The number of hydrogen-bond acceptors (Lipinski definition) is 5. The molecule has 4 unspecified atom stereocenters. The van der Waals surface area contributed by atoms with E-state index in [4.69, 9.17) is 15.2 Å². The molecular formula is C15H26N2O3. The first kappa shape index (κ1) is 14.3. The van der Waals surface area contributed by atoms with E-state index in [1.807, 2.05) is 0 Å². The molecule has 0 spiro atoms. The van der Waals surface area contributed by atoms with Gasteiger partial charge in [-0.15, -0.1) is 0 Å². The molecule has 0 aromatic rings. The Morgan fingerprint density at radius 2 is 2.15 bits per heavy atom. The molecule has 1 heterocycles. The molecule has 2 saturated carbocycles. The molecule has 3 rings (SSSR count). The summed E-state index contributed by atoms with van der Waals surface area (Å²) in [5, 5.41) is 0. The van der Waals surface area contributed by atoms with Gasteiger partial charge >= 0.3 is 5.97 Å². The van der Waals surface area contributed by atoms with Crippen LogP contribution in [0.2, 0.25) is 0 Å². The Hall–Kier alpha value is -0.650. The van der Waals surface area contributed by atoms with E-state index >= 15 is 0 Å². The van der Waals surface area contributed by atoms with Gasteiger partial charge in [0.1, 0.15) is 5.54 Å². The molecule has 3 aliphatic rings. The second kappa shape index (κ2) is 5.62. The first-order valence-corrected chi connectivity index (χ1v) is 7.89. The van der Waals surface area contributed by atoms with Crippen LogP contribution in [0.5, 0.6) is 0 Å². The fourth-order valence-corrected chi connectivity index (χ4v) is 4.30. The number of ether oxygens (including phenoxy) is 2. The summed E-state index contributed by atoms with van der Waals surface area (Å²) in [5.41, 5.74) is 5.47. The molecule has 0 amide bonds. The van der Waals surface area contributed by atoms with E-state index in [-0.39, 0.29) is 5.97 Å². The molecule has 3 fully saturated rings. The Balaban J connectivity index is 1.68. The third kappa shape index (κ3) is 2.47. The zero-order chi connectivity index (χ0) is 14.2. The summed E-state index contributed by atoms with van der Waals surface area (Å²) in [4.78, 5) is 14.4. The van der Waals surface area contributed by atoms with Crippen molar-refractivity contribution < 1.29 is 14.3 Å². The molecular weight excluding hydrogens is 256 g/mol. The molecule has 2 N–H and O–H groups in total. The lowest BCUT2D eigenvalue weighted by Crippen LogP contribution is -2.57. The van der Waals surface area contributed by atoms with E-state index in [1.54, 1.807) is 0 Å². The van der Waals surface area contributed by atoms with Gasteiger partial charge in [0.25, 0.3) is 0 Å². The average molecular weight is 282 g/mol. The van der Waals surface area contributed by atoms with Gasteiger partial charge in [0, 0.05) is 18.6 Å². The molecule has 0 aromatic heterocycles. The zero-order valence-corrected chi connectivity index (χ0v) is 12.3. The summed E-state index contributed by atoms with van der Waals surface area (Å²) in [6, 6.07) is 0.941. The molecule has 0 aromatic carbocycles. The number of hydrogen-bond donors (Lipinski definition) is 1. The van der Waals surface area contributed by atoms with E-state index in [1.165, 1.54) is 32.8 Å². The molecule has 4 atom stereocenters. The SMILES string of the molecule is COC(=O)C1(N)CCC(N2CCOC3CCCCC32)C1. The second-order valence-corrected chi connectivity index (χ2v) is 6.54. The van der Waals surface area contributed by atoms with Gasteiger partial charge in [0.15, 0.2) is 0 Å². The number of nitrogens with zero attached hydrogens (tertiary/aromatic N) is 1. The van der Waals surface area contributed by atoms with E-state index in [0.29, 0.717) is 18.2 Å². The highest BCUT2D eigenvalue weighted by atomic mass is 16.5. The smallest absolute Gasteiger partial charge is 0.325 e. The number of methoxy groups -OCH3 is 1. The summed E-state index contributed by atoms with van der Waals surface area (Å²) in [6.45, 7) is 1.79. The Morgan fingerprint density at radius 3 is 2.95 bits per heavy atom. The number of carbonyl (C=O) groups is 1. The predicted octanol–water partition coefficient (Wildman–Crippen LogP) is 1.05. The van der Waals surface area contributed by atoms with E-state index in [2.05, 4.69) is 4.90 Å². The predicted molar refractivity (Wildman–Crippen MR) is 75.3 cm³/mol. The van der Waals surface area contributed by atoms with E-state index in [0.717, 1.165) is 32.4 Å². The molecule has 5 nitrogen and oxygen atoms in total. The molecule has 0 radical (unpaired) electrons. The van der Waals surface area contributed by atoms with Gasteiger partial charge in [0.2, 0.25) is 0 Å². The van der Waals surface area contributed by atoms with Crippen molar-refractivity contribution >= 4 is 5.97 Å². The van der Waals surface area contributed by atoms with Crippen LogP contribution in [-0.2, 0) is 14.3 Å². The maximum atomic E-state index is 11.9. The largest absolute Gasteiger partial charge is 0.468 e. The maximum absolute atomic E-state index is 11.9. The molecule has 5 heteroatoms. The topological polar surface area (TPSA) is 64.8 Å². The van der Waals surface area contributed by atoms with Crippen molar-refractivity contribution in [2.24, 2.45) is 5.73 Å². The van der Waals surface area contributed by atoms with Crippen LogP contribution in [0.1, 0.15) is 44.9 Å². The number of morpholine rings is 1. The van der Waals surface area contributed by atoms with Gasteiger partial charge in [-0.3, -0.25) is 9.69 Å². The maximum Gasteiger partial charge on any atom is 0.325 e. The van der Waals surface area contributed by atoms with Gasteiger partial charge in [-0.2, -0.15) is 0 Å². The van der Waals surface area contributed by atoms with Crippen molar-refractivity contribution in [3.05, 3.63) is 0 Å². The molecule has 1 aliphatic heterocycles. The molecule has 2 aliphatic carbocycles. The van der Waals surface area contributed by atoms with Crippen molar-refractivity contribution in [1.29, 1.82) is 0 Å². The van der Waals surface area contributed by atoms with Crippen LogP contribution in [0, 0.1) is 0 Å². The highest BCUT2D eigenvalue weighted by molar-refractivity contribution is 5.81. The fraction of sp³-hybridized carbons (Fsp3) is 0.933. The number of nitrogens with two attached hydrogens (primary N) is 1. The first-order chi connectivity index (χ1) is 9.64. The van der Waals surface area contributed by atoms with Crippen molar-refractivity contribution in [3.8, 4) is 0 Å². The number of carbonyl (C=O) groups excluding carboxylic acids is 1. The Labute approximate surface area is 120 Å². The lowest BCUT2D eigenvalue weighted by Gasteiger charge is -2.46. The minimum atomic E-state index is -0.776. The fourth-order valence-electron chi connectivity index (χ4n) is 4.30. The highest BCUT2D eigenvalue weighted by Gasteiger charge is 2.47. The quantitative estimate of drug-likeness (QED) is 0.767. The first-order valence-electron chi connectivity index (χ1n) is 7.89. The summed E-state index contributed by atoms with van der Waals surface area (Å²) < 4.78 is 10.8. The van der Waals surface area contributed by atoms with Crippen molar-refractivity contribution in [2.75, 3.05) is 20.3 Å². The van der Waals surface area contributed by atoms with Crippen LogP contribution < -0.4 is 5.73 Å². The van der Waals surface area contributed by atoms with Gasteiger partial charge in [-0.05, 0) is 32.1 Å². The van der Waals surface area contributed by atoms with Crippen molar-refractivity contribution in [1.82, 2.24) is 4.90 Å². The molecule has 114 valence electrons. The Kier molecular flexibility index (Phi) is 4.02. The highest BCUT2D eigenvalue weighted by Crippen LogP contribution is 2.37. The monoisotopic (exact) mass is 282 g/mol. The van der Waals surface area contributed by atoms with E-state index < -0.39 is 5.54 Å². The van der Waals surface area contributed by atoms with Gasteiger partial charge in [-0.1, -0.05) is 12.8 Å².